The van der Waals surface area contributed by atoms with Crippen LogP contribution in [0, 0.1) is 0 Å². The van der Waals surface area contributed by atoms with Gasteiger partial charge in [0.25, 0.3) is 5.91 Å². The monoisotopic (exact) mass is 403 g/mol. The van der Waals surface area contributed by atoms with E-state index in [1.807, 2.05) is 45.0 Å². The third-order valence-electron chi connectivity index (χ3n) is 3.50. The zero-order valence-electron chi connectivity index (χ0n) is 14.5. The fourth-order valence-corrected chi connectivity index (χ4v) is 2.72. The summed E-state index contributed by atoms with van der Waals surface area (Å²) in [4.78, 5) is 24.2. The number of amides is 3. The van der Waals surface area contributed by atoms with Crippen LogP contribution in [0.25, 0.3) is 0 Å². The Morgan fingerprint density at radius 1 is 0.960 bits per heavy atom. The molecule has 5 nitrogen and oxygen atoms in total. The van der Waals surface area contributed by atoms with Crippen molar-refractivity contribution in [2.45, 2.75) is 32.9 Å². The summed E-state index contributed by atoms with van der Waals surface area (Å²) in [5.41, 5.74) is 2.07. The molecule has 0 aliphatic heterocycles. The topological polar surface area (TPSA) is 70.2 Å². The first kappa shape index (κ1) is 19.0. The molecule has 0 aliphatic carbocycles. The molecule has 0 fully saturated rings. The SMILES string of the molecule is CC(C)NC(=O)Nc1cccc(C(=O)N[C@@H](C)c2cccc(Br)c2)c1. The standard InChI is InChI=1S/C19H22BrN3O2/c1-12(2)21-19(25)23-17-9-5-7-15(11-17)18(24)22-13(3)14-6-4-8-16(20)10-14/h4-13H,1-3H3,(H,22,24)(H2,21,23,25)/t13-/m0/s1. The van der Waals surface area contributed by atoms with E-state index in [-0.39, 0.29) is 24.0 Å². The molecule has 0 unspecified atom stereocenters. The number of urea groups is 1. The Hall–Kier alpha value is -2.34. The molecule has 0 radical (unpaired) electrons. The number of carbonyl (C=O) groups excluding carboxylic acids is 2. The number of carbonyl (C=O) groups is 2. The van der Waals surface area contributed by atoms with Gasteiger partial charge in [0.05, 0.1) is 6.04 Å². The largest absolute Gasteiger partial charge is 0.346 e. The minimum Gasteiger partial charge on any atom is -0.346 e. The third-order valence-corrected chi connectivity index (χ3v) is 3.99. The van der Waals surface area contributed by atoms with Crippen LogP contribution in [-0.4, -0.2) is 18.0 Å². The maximum Gasteiger partial charge on any atom is 0.319 e. The summed E-state index contributed by atoms with van der Waals surface area (Å²) in [6.07, 6.45) is 0. The van der Waals surface area contributed by atoms with Crippen molar-refractivity contribution in [3.8, 4) is 0 Å². The number of benzene rings is 2. The molecule has 2 aromatic carbocycles. The quantitative estimate of drug-likeness (QED) is 0.688. The predicted octanol–water partition coefficient (Wildman–Crippen LogP) is 4.47. The van der Waals surface area contributed by atoms with Crippen LogP contribution in [0.2, 0.25) is 0 Å². The highest BCUT2D eigenvalue weighted by Crippen LogP contribution is 2.19. The zero-order valence-corrected chi connectivity index (χ0v) is 16.1. The van der Waals surface area contributed by atoms with Gasteiger partial charge in [-0.2, -0.15) is 0 Å². The Morgan fingerprint density at radius 3 is 2.36 bits per heavy atom. The van der Waals surface area contributed by atoms with Gasteiger partial charge in [0.2, 0.25) is 0 Å². The Kier molecular flexibility index (Phi) is 6.58. The van der Waals surface area contributed by atoms with Crippen LogP contribution in [-0.2, 0) is 0 Å². The van der Waals surface area contributed by atoms with Gasteiger partial charge < -0.3 is 16.0 Å². The molecule has 3 amide bonds. The molecule has 0 spiro atoms. The van der Waals surface area contributed by atoms with Crippen LogP contribution < -0.4 is 16.0 Å². The van der Waals surface area contributed by atoms with E-state index >= 15 is 0 Å². The lowest BCUT2D eigenvalue weighted by Gasteiger charge is -2.15. The summed E-state index contributed by atoms with van der Waals surface area (Å²) in [7, 11) is 0. The second kappa shape index (κ2) is 8.67. The van der Waals surface area contributed by atoms with Crippen molar-refractivity contribution >= 4 is 33.6 Å². The van der Waals surface area contributed by atoms with E-state index in [1.54, 1.807) is 24.3 Å². The second-order valence-electron chi connectivity index (χ2n) is 6.08. The van der Waals surface area contributed by atoms with Crippen molar-refractivity contribution in [2.24, 2.45) is 0 Å². The van der Waals surface area contributed by atoms with Crippen molar-refractivity contribution in [1.82, 2.24) is 10.6 Å². The number of hydrogen-bond acceptors (Lipinski definition) is 2. The Balaban J connectivity index is 2.04. The van der Waals surface area contributed by atoms with Gasteiger partial charge in [-0.25, -0.2) is 4.79 Å². The molecule has 3 N–H and O–H groups in total. The van der Waals surface area contributed by atoms with Gasteiger partial charge in [-0.05, 0) is 56.7 Å². The molecule has 0 saturated heterocycles. The van der Waals surface area contributed by atoms with Crippen LogP contribution in [0.3, 0.4) is 0 Å². The number of halogens is 1. The number of hydrogen-bond donors (Lipinski definition) is 3. The molecule has 2 aromatic rings. The Morgan fingerprint density at radius 2 is 1.68 bits per heavy atom. The summed E-state index contributed by atoms with van der Waals surface area (Å²) in [5.74, 6) is -0.194. The number of rotatable bonds is 5. The van der Waals surface area contributed by atoms with Crippen molar-refractivity contribution in [3.63, 3.8) is 0 Å². The highest BCUT2D eigenvalue weighted by molar-refractivity contribution is 9.10. The van der Waals surface area contributed by atoms with E-state index < -0.39 is 0 Å². The highest BCUT2D eigenvalue weighted by Gasteiger charge is 2.13. The minimum absolute atomic E-state index is 0.0394. The van der Waals surface area contributed by atoms with Crippen LogP contribution in [0.5, 0.6) is 0 Å². The molecule has 132 valence electrons. The molecule has 0 aromatic heterocycles. The maximum absolute atomic E-state index is 12.5. The molecule has 1 atom stereocenters. The number of anilines is 1. The fourth-order valence-electron chi connectivity index (χ4n) is 2.31. The van der Waals surface area contributed by atoms with Crippen LogP contribution in [0.1, 0.15) is 42.7 Å². The smallest absolute Gasteiger partial charge is 0.319 e. The first-order valence-corrected chi connectivity index (χ1v) is 8.88. The summed E-state index contributed by atoms with van der Waals surface area (Å²) in [6.45, 7) is 5.69. The van der Waals surface area contributed by atoms with Gasteiger partial charge in [0, 0.05) is 21.8 Å². The van der Waals surface area contributed by atoms with Crippen molar-refractivity contribution in [1.29, 1.82) is 0 Å². The highest BCUT2D eigenvalue weighted by atomic mass is 79.9. The lowest BCUT2D eigenvalue weighted by Crippen LogP contribution is -2.34. The van der Waals surface area contributed by atoms with Crippen LogP contribution in [0.15, 0.2) is 53.0 Å². The van der Waals surface area contributed by atoms with Crippen LogP contribution >= 0.6 is 15.9 Å². The molecule has 0 saturated carbocycles. The maximum atomic E-state index is 12.5. The Labute approximate surface area is 156 Å². The average molecular weight is 404 g/mol. The van der Waals surface area contributed by atoms with E-state index in [2.05, 4.69) is 31.9 Å². The molecule has 2 rings (SSSR count). The molecular formula is C19H22BrN3O2. The zero-order chi connectivity index (χ0) is 18.4. The summed E-state index contributed by atoms with van der Waals surface area (Å²) in [5, 5.41) is 8.43. The summed E-state index contributed by atoms with van der Waals surface area (Å²) >= 11 is 3.43. The average Bonchev–Trinajstić information content (AvgIpc) is 2.54. The van der Waals surface area contributed by atoms with Gasteiger partial charge in [-0.1, -0.05) is 34.1 Å². The van der Waals surface area contributed by atoms with E-state index in [9.17, 15) is 9.59 Å². The van der Waals surface area contributed by atoms with Gasteiger partial charge in [-0.15, -0.1) is 0 Å². The fraction of sp³-hybridized carbons (Fsp3) is 0.263. The van der Waals surface area contributed by atoms with E-state index in [0.717, 1.165) is 10.0 Å². The lowest BCUT2D eigenvalue weighted by atomic mass is 10.1. The van der Waals surface area contributed by atoms with Crippen molar-refractivity contribution in [3.05, 3.63) is 64.1 Å². The van der Waals surface area contributed by atoms with Gasteiger partial charge >= 0.3 is 6.03 Å². The predicted molar refractivity (Wildman–Crippen MR) is 104 cm³/mol. The minimum atomic E-state index is -0.296. The summed E-state index contributed by atoms with van der Waals surface area (Å²) in [6, 6.07) is 14.3. The second-order valence-corrected chi connectivity index (χ2v) is 7.00. The first-order valence-electron chi connectivity index (χ1n) is 8.09. The van der Waals surface area contributed by atoms with E-state index in [0.29, 0.717) is 11.3 Å². The molecule has 0 heterocycles. The molecule has 0 bridgehead atoms. The normalized spacial score (nSPS) is 11.7. The number of nitrogens with one attached hydrogen (secondary N) is 3. The molecular weight excluding hydrogens is 382 g/mol. The first-order chi connectivity index (χ1) is 11.8. The van der Waals surface area contributed by atoms with Crippen molar-refractivity contribution < 1.29 is 9.59 Å². The molecule has 25 heavy (non-hydrogen) atoms. The molecule has 0 aliphatic rings. The van der Waals surface area contributed by atoms with Crippen LogP contribution in [0.4, 0.5) is 10.5 Å². The third kappa shape index (κ3) is 5.90. The van der Waals surface area contributed by atoms with Crippen molar-refractivity contribution in [2.75, 3.05) is 5.32 Å². The van der Waals surface area contributed by atoms with Gasteiger partial charge in [0.1, 0.15) is 0 Å². The van der Waals surface area contributed by atoms with E-state index in [4.69, 9.17) is 0 Å². The lowest BCUT2D eigenvalue weighted by molar-refractivity contribution is 0.0940. The van der Waals surface area contributed by atoms with Gasteiger partial charge in [0.15, 0.2) is 0 Å². The summed E-state index contributed by atoms with van der Waals surface area (Å²) < 4.78 is 0.966. The Bertz CT molecular complexity index is 762. The molecule has 6 heteroatoms. The van der Waals surface area contributed by atoms with Gasteiger partial charge in [-0.3, -0.25) is 4.79 Å². The van der Waals surface area contributed by atoms with E-state index in [1.165, 1.54) is 0 Å².